The summed E-state index contributed by atoms with van der Waals surface area (Å²) in [5, 5.41) is 2.82. The fourth-order valence-corrected chi connectivity index (χ4v) is 2.36. The van der Waals surface area contributed by atoms with E-state index in [4.69, 9.17) is 9.47 Å². The largest absolute Gasteiger partial charge is 0.497 e. The van der Waals surface area contributed by atoms with Crippen LogP contribution < -0.4 is 10.1 Å². The zero-order chi connectivity index (χ0) is 15.2. The number of hydrogen-bond acceptors (Lipinski definition) is 4. The van der Waals surface area contributed by atoms with Gasteiger partial charge >= 0.3 is 6.09 Å². The smallest absolute Gasteiger partial charge is 0.410 e. The van der Waals surface area contributed by atoms with Crippen LogP contribution in [0.3, 0.4) is 0 Å². The summed E-state index contributed by atoms with van der Waals surface area (Å²) in [5.74, 6) is 0.535. The van der Waals surface area contributed by atoms with Gasteiger partial charge in [0.05, 0.1) is 13.7 Å². The molecule has 6 nitrogen and oxygen atoms in total. The monoisotopic (exact) mass is 292 g/mol. The Labute approximate surface area is 124 Å². The van der Waals surface area contributed by atoms with Gasteiger partial charge in [0, 0.05) is 12.2 Å². The molecule has 1 saturated heterocycles. The van der Waals surface area contributed by atoms with E-state index in [-0.39, 0.29) is 5.91 Å². The lowest BCUT2D eigenvalue weighted by Gasteiger charge is -2.23. The standard InChI is InChI=1S/C15H20N2O4/c1-3-21-15(19)17-10-4-5-13(17)14(18)16-11-6-8-12(20-2)9-7-11/h6-9,13H,3-5,10H2,1-2H3,(H,16,18). The summed E-state index contributed by atoms with van der Waals surface area (Å²) < 4.78 is 10.0. The van der Waals surface area contributed by atoms with Crippen molar-refractivity contribution >= 4 is 17.7 Å². The number of amides is 2. The van der Waals surface area contributed by atoms with Crippen molar-refractivity contribution in [1.29, 1.82) is 0 Å². The highest BCUT2D eigenvalue weighted by Gasteiger charge is 2.34. The first-order valence-electron chi connectivity index (χ1n) is 7.04. The van der Waals surface area contributed by atoms with Crippen molar-refractivity contribution in [3.05, 3.63) is 24.3 Å². The third-order valence-corrected chi connectivity index (χ3v) is 3.42. The molecule has 114 valence electrons. The summed E-state index contributed by atoms with van der Waals surface area (Å²) in [5.41, 5.74) is 0.677. The van der Waals surface area contributed by atoms with Crippen molar-refractivity contribution in [3.63, 3.8) is 0 Å². The van der Waals surface area contributed by atoms with Crippen LogP contribution in [-0.4, -0.2) is 43.2 Å². The number of likely N-dealkylation sites (tertiary alicyclic amines) is 1. The van der Waals surface area contributed by atoms with Crippen LogP contribution in [0.2, 0.25) is 0 Å². The maximum Gasteiger partial charge on any atom is 0.410 e. The molecule has 0 radical (unpaired) electrons. The molecule has 0 aromatic heterocycles. The van der Waals surface area contributed by atoms with E-state index in [0.717, 1.165) is 12.2 Å². The van der Waals surface area contributed by atoms with Crippen LogP contribution >= 0.6 is 0 Å². The Morgan fingerprint density at radius 2 is 2.05 bits per heavy atom. The highest BCUT2D eigenvalue weighted by molar-refractivity contribution is 5.96. The van der Waals surface area contributed by atoms with Crippen LogP contribution in [0, 0.1) is 0 Å². The number of nitrogens with zero attached hydrogens (tertiary/aromatic N) is 1. The van der Waals surface area contributed by atoms with Crippen molar-refractivity contribution in [2.75, 3.05) is 25.6 Å². The van der Waals surface area contributed by atoms with Crippen molar-refractivity contribution in [2.45, 2.75) is 25.8 Å². The van der Waals surface area contributed by atoms with Crippen molar-refractivity contribution in [3.8, 4) is 5.75 Å². The number of carbonyl (C=O) groups is 2. The quantitative estimate of drug-likeness (QED) is 0.924. The van der Waals surface area contributed by atoms with E-state index < -0.39 is 12.1 Å². The number of nitrogens with one attached hydrogen (secondary N) is 1. The molecular weight excluding hydrogens is 272 g/mol. The Morgan fingerprint density at radius 1 is 1.33 bits per heavy atom. The second-order valence-corrected chi connectivity index (χ2v) is 4.77. The number of benzene rings is 1. The summed E-state index contributed by atoms with van der Waals surface area (Å²) in [6.45, 7) is 2.61. The van der Waals surface area contributed by atoms with E-state index in [0.29, 0.717) is 25.3 Å². The van der Waals surface area contributed by atoms with Crippen LogP contribution in [0.25, 0.3) is 0 Å². The zero-order valence-corrected chi connectivity index (χ0v) is 12.3. The van der Waals surface area contributed by atoms with Crippen LogP contribution in [-0.2, 0) is 9.53 Å². The predicted octanol–water partition coefficient (Wildman–Crippen LogP) is 2.25. The first-order valence-corrected chi connectivity index (χ1v) is 7.04. The molecule has 6 heteroatoms. The molecule has 1 N–H and O–H groups in total. The lowest BCUT2D eigenvalue weighted by molar-refractivity contribution is -0.120. The van der Waals surface area contributed by atoms with Crippen LogP contribution in [0.4, 0.5) is 10.5 Å². The maximum atomic E-state index is 12.3. The minimum atomic E-state index is -0.467. The highest BCUT2D eigenvalue weighted by Crippen LogP contribution is 2.21. The van der Waals surface area contributed by atoms with Crippen LogP contribution in [0.15, 0.2) is 24.3 Å². The second kappa shape index (κ2) is 6.97. The molecule has 0 saturated carbocycles. The Kier molecular flexibility index (Phi) is 5.03. The Hall–Kier alpha value is -2.24. The molecule has 21 heavy (non-hydrogen) atoms. The first kappa shape index (κ1) is 15.2. The van der Waals surface area contributed by atoms with Gasteiger partial charge in [-0.05, 0) is 44.0 Å². The summed E-state index contributed by atoms with van der Waals surface area (Å²) in [6.07, 6.45) is 1.03. The van der Waals surface area contributed by atoms with E-state index in [1.165, 1.54) is 4.90 Å². The van der Waals surface area contributed by atoms with E-state index in [2.05, 4.69) is 5.32 Å². The predicted molar refractivity (Wildman–Crippen MR) is 78.4 cm³/mol. The van der Waals surface area contributed by atoms with Gasteiger partial charge < -0.3 is 14.8 Å². The average Bonchev–Trinajstić information content (AvgIpc) is 2.98. The zero-order valence-electron chi connectivity index (χ0n) is 12.3. The van der Waals surface area contributed by atoms with Gasteiger partial charge in [0.2, 0.25) is 5.91 Å². The molecule has 1 fully saturated rings. The molecule has 2 rings (SSSR count). The first-order chi connectivity index (χ1) is 10.2. The fraction of sp³-hybridized carbons (Fsp3) is 0.467. The maximum absolute atomic E-state index is 12.3. The van der Waals surface area contributed by atoms with E-state index >= 15 is 0 Å². The molecule has 1 heterocycles. The molecule has 1 aliphatic rings. The molecule has 1 aromatic rings. The topological polar surface area (TPSA) is 67.9 Å². The van der Waals surface area contributed by atoms with Gasteiger partial charge in [-0.15, -0.1) is 0 Å². The highest BCUT2D eigenvalue weighted by atomic mass is 16.6. The molecule has 0 spiro atoms. The Morgan fingerprint density at radius 3 is 2.67 bits per heavy atom. The summed E-state index contributed by atoms with van der Waals surface area (Å²) in [7, 11) is 1.59. The Balaban J connectivity index is 1.99. The Bertz CT molecular complexity index is 501. The summed E-state index contributed by atoms with van der Waals surface area (Å²) in [4.78, 5) is 25.6. The molecule has 1 atom stereocenters. The van der Waals surface area contributed by atoms with Gasteiger partial charge in [-0.1, -0.05) is 0 Å². The van der Waals surface area contributed by atoms with Gasteiger partial charge in [-0.3, -0.25) is 9.69 Å². The van der Waals surface area contributed by atoms with Gasteiger partial charge in [0.15, 0.2) is 0 Å². The van der Waals surface area contributed by atoms with Crippen LogP contribution in [0.1, 0.15) is 19.8 Å². The second-order valence-electron chi connectivity index (χ2n) is 4.77. The molecule has 1 unspecified atom stereocenters. The van der Waals surface area contributed by atoms with Crippen LogP contribution in [0.5, 0.6) is 5.75 Å². The molecule has 0 bridgehead atoms. The van der Waals surface area contributed by atoms with E-state index in [1.54, 1.807) is 38.3 Å². The normalized spacial score (nSPS) is 17.4. The minimum absolute atomic E-state index is 0.189. The molecular formula is C15H20N2O4. The lowest BCUT2D eigenvalue weighted by atomic mass is 10.2. The summed E-state index contributed by atoms with van der Waals surface area (Å²) >= 11 is 0. The van der Waals surface area contributed by atoms with E-state index in [9.17, 15) is 9.59 Å². The lowest BCUT2D eigenvalue weighted by Crippen LogP contribution is -2.43. The third-order valence-electron chi connectivity index (χ3n) is 3.42. The fourth-order valence-electron chi connectivity index (χ4n) is 2.36. The van der Waals surface area contributed by atoms with Gasteiger partial charge in [-0.25, -0.2) is 4.79 Å². The number of anilines is 1. The molecule has 1 aliphatic heterocycles. The van der Waals surface area contributed by atoms with Crippen molar-refractivity contribution in [1.82, 2.24) is 4.90 Å². The number of ether oxygens (including phenoxy) is 2. The summed E-state index contributed by atoms with van der Waals surface area (Å²) in [6, 6.07) is 6.60. The molecule has 2 amide bonds. The molecule has 0 aliphatic carbocycles. The number of rotatable bonds is 4. The number of methoxy groups -OCH3 is 1. The average molecular weight is 292 g/mol. The van der Waals surface area contributed by atoms with Gasteiger partial charge in [0.25, 0.3) is 0 Å². The van der Waals surface area contributed by atoms with Gasteiger partial charge in [-0.2, -0.15) is 0 Å². The van der Waals surface area contributed by atoms with Crippen molar-refractivity contribution in [2.24, 2.45) is 0 Å². The van der Waals surface area contributed by atoms with Gasteiger partial charge in [0.1, 0.15) is 11.8 Å². The molecule has 1 aromatic carbocycles. The minimum Gasteiger partial charge on any atom is -0.497 e. The van der Waals surface area contributed by atoms with Crippen molar-refractivity contribution < 1.29 is 19.1 Å². The number of hydrogen-bond donors (Lipinski definition) is 1. The number of carbonyl (C=O) groups excluding carboxylic acids is 2. The van der Waals surface area contributed by atoms with E-state index in [1.807, 2.05) is 0 Å². The third kappa shape index (κ3) is 3.65. The SMILES string of the molecule is CCOC(=O)N1CCCC1C(=O)Nc1ccc(OC)cc1.